The van der Waals surface area contributed by atoms with Gasteiger partial charge in [-0.2, -0.15) is 0 Å². The number of methoxy groups -OCH3 is 1. The summed E-state index contributed by atoms with van der Waals surface area (Å²) in [5, 5.41) is 9.31. The highest BCUT2D eigenvalue weighted by molar-refractivity contribution is 8.21. The van der Waals surface area contributed by atoms with Gasteiger partial charge in [0.15, 0.2) is 5.78 Å². The summed E-state index contributed by atoms with van der Waals surface area (Å²) in [6, 6.07) is 7.03. The number of hydrogen-bond donors (Lipinski definition) is 1. The third-order valence-corrected chi connectivity index (χ3v) is 4.47. The van der Waals surface area contributed by atoms with Crippen molar-refractivity contribution < 1.29 is 14.6 Å². The van der Waals surface area contributed by atoms with Crippen LogP contribution in [-0.4, -0.2) is 30.5 Å². The molecule has 5 heteroatoms. The highest BCUT2D eigenvalue weighted by Crippen LogP contribution is 2.26. The third kappa shape index (κ3) is 4.36. The van der Waals surface area contributed by atoms with Gasteiger partial charge in [-0.3, -0.25) is 4.79 Å². The lowest BCUT2D eigenvalue weighted by Crippen LogP contribution is -1.99. The molecule has 1 aromatic carbocycles. The van der Waals surface area contributed by atoms with Crippen molar-refractivity contribution in [2.45, 2.75) is 0 Å². The summed E-state index contributed by atoms with van der Waals surface area (Å²) in [6.45, 7) is 0. The predicted octanol–water partition coefficient (Wildman–Crippen LogP) is 3.73. The standard InChI is InChI=1S/C14H16O3S2/c1-17-11-6-4-5-10(7-11)12(9-15)13(16)8-14(18-2)19-3/h4-9,15H,1-3H3/b12-9-. The lowest BCUT2D eigenvalue weighted by molar-refractivity contribution is -0.109. The first-order chi connectivity index (χ1) is 9.15. The van der Waals surface area contributed by atoms with E-state index in [1.54, 1.807) is 31.4 Å². The van der Waals surface area contributed by atoms with E-state index in [0.717, 1.165) is 10.5 Å². The summed E-state index contributed by atoms with van der Waals surface area (Å²) in [4.78, 5) is 12.1. The molecule has 0 aliphatic rings. The SMILES string of the molecule is COc1cccc(/C(=C/O)C(=O)C=C(SC)SC)c1. The quantitative estimate of drug-likeness (QED) is 0.640. The minimum absolute atomic E-state index is 0.227. The van der Waals surface area contributed by atoms with Gasteiger partial charge in [-0.15, -0.1) is 23.5 Å². The monoisotopic (exact) mass is 296 g/mol. The van der Waals surface area contributed by atoms with E-state index in [-0.39, 0.29) is 11.4 Å². The molecule has 1 rings (SSSR count). The van der Waals surface area contributed by atoms with Crippen molar-refractivity contribution in [2.75, 3.05) is 19.6 Å². The van der Waals surface area contributed by atoms with E-state index >= 15 is 0 Å². The molecular formula is C14H16O3S2. The van der Waals surface area contributed by atoms with Crippen LogP contribution in [0.1, 0.15) is 5.56 Å². The molecule has 19 heavy (non-hydrogen) atoms. The predicted molar refractivity (Wildman–Crippen MR) is 83.7 cm³/mol. The molecule has 0 aliphatic heterocycles. The van der Waals surface area contributed by atoms with Crippen molar-refractivity contribution in [3.05, 3.63) is 46.4 Å². The van der Waals surface area contributed by atoms with Gasteiger partial charge in [-0.05, 0) is 30.2 Å². The van der Waals surface area contributed by atoms with E-state index in [1.807, 2.05) is 12.5 Å². The molecule has 0 fully saturated rings. The average Bonchev–Trinajstić information content (AvgIpc) is 2.45. The van der Waals surface area contributed by atoms with Gasteiger partial charge in [0.25, 0.3) is 0 Å². The highest BCUT2D eigenvalue weighted by atomic mass is 32.2. The Kier molecular flexibility index (Phi) is 6.59. The molecule has 0 unspecified atom stereocenters. The summed E-state index contributed by atoms with van der Waals surface area (Å²) < 4.78 is 6.00. The molecule has 0 atom stereocenters. The fraction of sp³-hybridized carbons (Fsp3) is 0.214. The van der Waals surface area contributed by atoms with Crippen molar-refractivity contribution >= 4 is 34.9 Å². The van der Waals surface area contributed by atoms with Gasteiger partial charge in [-0.1, -0.05) is 12.1 Å². The largest absolute Gasteiger partial charge is 0.515 e. The van der Waals surface area contributed by atoms with Crippen LogP contribution in [0.5, 0.6) is 5.75 Å². The Hall–Kier alpha value is -1.33. The Morgan fingerprint density at radius 1 is 1.32 bits per heavy atom. The molecule has 0 spiro atoms. The Morgan fingerprint density at radius 2 is 2.00 bits per heavy atom. The molecule has 0 aliphatic carbocycles. The number of rotatable bonds is 6. The van der Waals surface area contributed by atoms with Crippen molar-refractivity contribution in [3.8, 4) is 5.75 Å². The Balaban J connectivity index is 3.07. The zero-order chi connectivity index (χ0) is 14.3. The van der Waals surface area contributed by atoms with Crippen molar-refractivity contribution in [1.82, 2.24) is 0 Å². The molecular weight excluding hydrogens is 280 g/mol. The summed E-state index contributed by atoms with van der Waals surface area (Å²) in [6.07, 6.45) is 6.18. The molecule has 1 N–H and O–H groups in total. The second-order valence-electron chi connectivity index (χ2n) is 3.51. The molecule has 0 aromatic heterocycles. The van der Waals surface area contributed by atoms with Gasteiger partial charge in [0, 0.05) is 10.3 Å². The molecule has 0 heterocycles. The number of benzene rings is 1. The number of aliphatic hydroxyl groups is 1. The molecule has 3 nitrogen and oxygen atoms in total. The lowest BCUT2D eigenvalue weighted by Gasteiger charge is -2.06. The molecule has 0 bridgehead atoms. The number of hydrogen-bond acceptors (Lipinski definition) is 5. The second kappa shape index (κ2) is 7.96. The van der Waals surface area contributed by atoms with Crippen molar-refractivity contribution in [2.24, 2.45) is 0 Å². The van der Waals surface area contributed by atoms with Gasteiger partial charge in [0.1, 0.15) is 5.75 Å². The normalized spacial score (nSPS) is 11.0. The number of aliphatic hydroxyl groups excluding tert-OH is 1. The molecule has 102 valence electrons. The topological polar surface area (TPSA) is 46.5 Å². The zero-order valence-electron chi connectivity index (χ0n) is 11.0. The first-order valence-electron chi connectivity index (χ1n) is 5.49. The molecule has 0 amide bonds. The molecule has 1 aromatic rings. The van der Waals surface area contributed by atoms with E-state index in [2.05, 4.69) is 0 Å². The summed E-state index contributed by atoms with van der Waals surface area (Å²) >= 11 is 3.00. The zero-order valence-corrected chi connectivity index (χ0v) is 12.7. The Labute approximate surface area is 121 Å². The fourth-order valence-electron chi connectivity index (χ4n) is 1.46. The van der Waals surface area contributed by atoms with Crippen LogP contribution in [0.4, 0.5) is 0 Å². The number of ether oxygens (including phenoxy) is 1. The van der Waals surface area contributed by atoms with Gasteiger partial charge in [-0.25, -0.2) is 0 Å². The maximum atomic E-state index is 12.1. The van der Waals surface area contributed by atoms with Crippen LogP contribution in [0.3, 0.4) is 0 Å². The highest BCUT2D eigenvalue weighted by Gasteiger charge is 2.12. The Bertz CT molecular complexity index is 501. The molecule has 0 radical (unpaired) electrons. The van der Waals surface area contributed by atoms with Gasteiger partial charge in [0.05, 0.1) is 18.9 Å². The van der Waals surface area contributed by atoms with Crippen LogP contribution in [0.25, 0.3) is 5.57 Å². The summed E-state index contributed by atoms with van der Waals surface area (Å²) in [7, 11) is 1.56. The number of carbonyl (C=O) groups excluding carboxylic acids is 1. The Morgan fingerprint density at radius 3 is 2.53 bits per heavy atom. The van der Waals surface area contributed by atoms with Crippen LogP contribution in [0, 0.1) is 0 Å². The second-order valence-corrected chi connectivity index (χ2v) is 5.47. The maximum Gasteiger partial charge on any atom is 0.191 e. The van der Waals surface area contributed by atoms with Gasteiger partial charge < -0.3 is 9.84 Å². The van der Waals surface area contributed by atoms with Crippen LogP contribution in [0.2, 0.25) is 0 Å². The molecule has 0 saturated carbocycles. The van der Waals surface area contributed by atoms with Crippen LogP contribution < -0.4 is 4.74 Å². The first-order valence-corrected chi connectivity index (χ1v) is 7.94. The molecule has 0 saturated heterocycles. The average molecular weight is 296 g/mol. The van der Waals surface area contributed by atoms with E-state index in [0.29, 0.717) is 11.3 Å². The van der Waals surface area contributed by atoms with Gasteiger partial charge in [0.2, 0.25) is 0 Å². The minimum atomic E-state index is -0.227. The van der Waals surface area contributed by atoms with E-state index in [4.69, 9.17) is 4.74 Å². The number of allylic oxidation sites excluding steroid dienone is 2. The van der Waals surface area contributed by atoms with E-state index < -0.39 is 0 Å². The number of ketones is 1. The van der Waals surface area contributed by atoms with Crippen LogP contribution in [0.15, 0.2) is 40.8 Å². The van der Waals surface area contributed by atoms with Gasteiger partial charge >= 0.3 is 0 Å². The smallest absolute Gasteiger partial charge is 0.191 e. The van der Waals surface area contributed by atoms with Crippen molar-refractivity contribution in [1.29, 1.82) is 0 Å². The first kappa shape index (κ1) is 15.7. The maximum absolute atomic E-state index is 12.1. The summed E-state index contributed by atoms with van der Waals surface area (Å²) in [5.74, 6) is 0.415. The lowest BCUT2D eigenvalue weighted by atomic mass is 10.0. The van der Waals surface area contributed by atoms with Crippen LogP contribution in [-0.2, 0) is 4.79 Å². The number of thioether (sulfide) groups is 2. The van der Waals surface area contributed by atoms with Crippen molar-refractivity contribution in [3.63, 3.8) is 0 Å². The third-order valence-electron chi connectivity index (χ3n) is 2.43. The fourth-order valence-corrected chi connectivity index (χ4v) is 2.57. The number of carbonyl (C=O) groups is 1. The minimum Gasteiger partial charge on any atom is -0.515 e. The van der Waals surface area contributed by atoms with E-state index in [9.17, 15) is 9.90 Å². The van der Waals surface area contributed by atoms with Crippen LogP contribution >= 0.6 is 23.5 Å². The van der Waals surface area contributed by atoms with E-state index in [1.165, 1.54) is 29.6 Å². The summed E-state index contributed by atoms with van der Waals surface area (Å²) in [5.41, 5.74) is 0.879.